The van der Waals surface area contributed by atoms with E-state index >= 15 is 0 Å². The summed E-state index contributed by atoms with van der Waals surface area (Å²) in [6.45, 7) is 8.72. The highest BCUT2D eigenvalue weighted by molar-refractivity contribution is 6.30. The lowest BCUT2D eigenvalue weighted by atomic mass is 9.66. The van der Waals surface area contributed by atoms with Crippen LogP contribution in [0.1, 0.15) is 134 Å². The van der Waals surface area contributed by atoms with Gasteiger partial charge in [0.15, 0.2) is 23.1 Å². The first kappa shape index (κ1) is 44.9. The maximum atomic E-state index is 14.9. The summed E-state index contributed by atoms with van der Waals surface area (Å²) in [6, 6.07) is 11.7. The number of allylic oxidation sites excluding steroid dienone is 6. The highest BCUT2D eigenvalue weighted by Crippen LogP contribution is 2.55. The Morgan fingerprint density at radius 3 is 1.70 bits per heavy atom. The van der Waals surface area contributed by atoms with Crippen molar-refractivity contribution in [2.24, 2.45) is 22.7 Å². The number of benzene rings is 2. The first-order valence-corrected chi connectivity index (χ1v) is 21.6. The molecule has 0 spiro atoms. The third-order valence-electron chi connectivity index (χ3n) is 13.1. The summed E-state index contributed by atoms with van der Waals surface area (Å²) in [4.78, 5) is 58.2. The fourth-order valence-corrected chi connectivity index (χ4v) is 9.77. The fraction of sp³-hybridized carbons (Fsp3) is 0.500. The average molecular weight is 851 g/mol. The Morgan fingerprint density at radius 2 is 1.22 bits per heavy atom. The molecule has 0 radical (unpaired) electrons. The molecule has 2 saturated carbocycles. The number of aliphatic hydroxyl groups is 3. The van der Waals surface area contributed by atoms with Crippen LogP contribution in [0, 0.1) is 22.7 Å². The molecule has 0 aromatic heterocycles. The second-order valence-electron chi connectivity index (χ2n) is 16.8. The van der Waals surface area contributed by atoms with Crippen LogP contribution in [-0.2, 0) is 30.1 Å². The van der Waals surface area contributed by atoms with Crippen molar-refractivity contribution in [2.45, 2.75) is 123 Å². The highest BCUT2D eigenvalue weighted by Gasteiger charge is 2.56. The summed E-state index contributed by atoms with van der Waals surface area (Å²) in [5, 5.41) is 35.7. The van der Waals surface area contributed by atoms with Crippen molar-refractivity contribution in [2.75, 3.05) is 6.61 Å². The zero-order chi connectivity index (χ0) is 43.9. The third kappa shape index (κ3) is 7.87. The number of carbonyl (C=O) groups is 4. The van der Waals surface area contributed by atoms with Crippen molar-refractivity contribution in [3.8, 4) is 0 Å². The molecule has 4 aliphatic carbocycles. The Labute approximate surface area is 354 Å². The minimum Gasteiger partial charge on any atom is -0.511 e. The number of aliphatic hydroxyl groups excluding tert-OH is 3. The Balaban J connectivity index is 1.35. The van der Waals surface area contributed by atoms with Gasteiger partial charge in [-0.1, -0.05) is 89.7 Å². The molecule has 0 bridgehead atoms. The number of ketones is 4. The van der Waals surface area contributed by atoms with Crippen LogP contribution in [-0.4, -0.2) is 45.1 Å². The van der Waals surface area contributed by atoms with Crippen LogP contribution in [0.15, 0.2) is 93.9 Å². The monoisotopic (exact) mass is 850 g/mol. The van der Waals surface area contributed by atoms with E-state index in [-0.39, 0.29) is 85.0 Å². The molecular formula is C48H54ClF3O8. The maximum absolute atomic E-state index is 14.9. The molecule has 4 aliphatic rings. The van der Waals surface area contributed by atoms with Crippen molar-refractivity contribution < 1.29 is 52.4 Å². The first-order chi connectivity index (χ1) is 28.5. The van der Waals surface area contributed by atoms with E-state index in [9.17, 15) is 47.7 Å². The van der Waals surface area contributed by atoms with Crippen molar-refractivity contribution in [1.82, 2.24) is 0 Å². The normalized spacial score (nSPS) is 25.3. The largest absolute Gasteiger partial charge is 0.511 e. The van der Waals surface area contributed by atoms with E-state index in [1.165, 1.54) is 12.1 Å². The maximum Gasteiger partial charge on any atom is 0.416 e. The Kier molecular flexibility index (Phi) is 13.0. The Morgan fingerprint density at radius 1 is 0.717 bits per heavy atom. The molecule has 8 nitrogen and oxygen atoms in total. The zero-order valence-corrected chi connectivity index (χ0v) is 35.6. The third-order valence-corrected chi connectivity index (χ3v) is 13.4. The van der Waals surface area contributed by atoms with Gasteiger partial charge in [0.2, 0.25) is 0 Å². The smallest absolute Gasteiger partial charge is 0.416 e. The van der Waals surface area contributed by atoms with Gasteiger partial charge in [-0.3, -0.25) is 19.2 Å². The standard InChI is InChI=1S/C48H54ClF3O8/c1-6-11-31-41(37(45(59)47(20-7-2,21-8-3)43(31)57)40(55)35-25-32(35)26-12-16-28(17-13-26)48(50,51)52)60-23-22-46(10-5)42(56)30(9-4)38(53)36(44(46)58)39(54)34-24-33(34)27-14-18-29(49)19-15-27/h12-19,32-35,53,56-57H,6-11,20-25H2,1-5H3. The van der Waals surface area contributed by atoms with Crippen molar-refractivity contribution in [3.05, 3.63) is 116 Å². The van der Waals surface area contributed by atoms with Gasteiger partial charge in [-0.25, -0.2) is 0 Å². The van der Waals surface area contributed by atoms with E-state index in [0.29, 0.717) is 48.3 Å². The fourth-order valence-electron chi connectivity index (χ4n) is 9.64. The minimum absolute atomic E-state index is 0.0273. The number of hydrogen-bond acceptors (Lipinski definition) is 8. The highest BCUT2D eigenvalue weighted by atomic mass is 35.5. The minimum atomic E-state index is -4.52. The van der Waals surface area contributed by atoms with Crippen LogP contribution in [0.3, 0.4) is 0 Å². The van der Waals surface area contributed by atoms with E-state index in [1.807, 2.05) is 32.9 Å². The number of alkyl halides is 3. The van der Waals surface area contributed by atoms with Crippen LogP contribution >= 0.6 is 11.6 Å². The van der Waals surface area contributed by atoms with Gasteiger partial charge in [0.05, 0.1) is 23.0 Å². The van der Waals surface area contributed by atoms with Crippen molar-refractivity contribution in [1.29, 1.82) is 0 Å². The molecule has 5 atom stereocenters. The van der Waals surface area contributed by atoms with Crippen LogP contribution < -0.4 is 0 Å². The SMILES string of the molecule is CCCC1=C(O)C(CCC)(CCC)C(=O)C(C(=O)C2CC2c2ccc(C(F)(F)F)cc2)=C1OCCC1(CC)C(=O)C(C(=O)C2CC2c2ccc(Cl)cc2)=C(O)C(CC)=C1O. The lowest BCUT2D eigenvalue weighted by molar-refractivity contribution is -0.137. The van der Waals surface area contributed by atoms with Gasteiger partial charge in [-0.2, -0.15) is 13.2 Å². The van der Waals surface area contributed by atoms with E-state index in [4.69, 9.17) is 16.3 Å². The topological polar surface area (TPSA) is 138 Å². The predicted octanol–water partition coefficient (Wildman–Crippen LogP) is 11.9. The van der Waals surface area contributed by atoms with Gasteiger partial charge in [0.1, 0.15) is 34.2 Å². The summed E-state index contributed by atoms with van der Waals surface area (Å²) in [7, 11) is 0. The first-order valence-electron chi connectivity index (χ1n) is 21.2. The quantitative estimate of drug-likeness (QED) is 0.126. The lowest BCUT2D eigenvalue weighted by Crippen LogP contribution is -2.43. The number of halogens is 4. The Hall–Kier alpha value is -4.64. The zero-order valence-electron chi connectivity index (χ0n) is 34.8. The van der Waals surface area contributed by atoms with Gasteiger partial charge >= 0.3 is 6.18 Å². The second-order valence-corrected chi connectivity index (χ2v) is 17.2. The van der Waals surface area contributed by atoms with E-state index in [2.05, 4.69) is 0 Å². The van der Waals surface area contributed by atoms with E-state index < -0.39 is 69.2 Å². The molecule has 2 aromatic carbocycles. The molecular weight excluding hydrogens is 797 g/mol. The Bertz CT molecular complexity index is 2170. The van der Waals surface area contributed by atoms with Gasteiger partial charge in [0.25, 0.3) is 0 Å². The molecule has 3 N–H and O–H groups in total. The number of Topliss-reactive ketones (excluding diaryl/α,β-unsaturated/α-hetero) is 4. The summed E-state index contributed by atoms with van der Waals surface area (Å²) in [6.07, 6.45) is -1.44. The molecule has 12 heteroatoms. The summed E-state index contributed by atoms with van der Waals surface area (Å²) < 4.78 is 46.4. The molecule has 60 heavy (non-hydrogen) atoms. The van der Waals surface area contributed by atoms with Crippen molar-refractivity contribution in [3.63, 3.8) is 0 Å². The van der Waals surface area contributed by atoms with Gasteiger partial charge < -0.3 is 20.1 Å². The molecule has 5 unspecified atom stereocenters. The van der Waals surface area contributed by atoms with E-state index in [0.717, 1.165) is 17.7 Å². The molecule has 322 valence electrons. The number of hydrogen-bond donors (Lipinski definition) is 3. The number of carbonyl (C=O) groups excluding carboxylic acids is 4. The number of rotatable bonds is 18. The molecule has 0 heterocycles. The predicted molar refractivity (Wildman–Crippen MR) is 221 cm³/mol. The van der Waals surface area contributed by atoms with Gasteiger partial charge in [0, 0.05) is 34.4 Å². The molecule has 0 amide bonds. The summed E-state index contributed by atoms with van der Waals surface area (Å²) >= 11 is 6.07. The molecule has 0 aliphatic heterocycles. The summed E-state index contributed by atoms with van der Waals surface area (Å²) in [5.41, 5.74) is -2.66. The molecule has 6 rings (SSSR count). The van der Waals surface area contributed by atoms with Gasteiger partial charge in [-0.05, 0) is 92.2 Å². The van der Waals surface area contributed by atoms with E-state index in [1.54, 1.807) is 26.0 Å². The van der Waals surface area contributed by atoms with Crippen molar-refractivity contribution >= 4 is 34.7 Å². The average Bonchev–Trinajstić information content (AvgIpc) is 4.16. The molecule has 2 fully saturated rings. The lowest BCUT2D eigenvalue weighted by Gasteiger charge is -2.39. The van der Waals surface area contributed by atoms with Crippen LogP contribution in [0.5, 0.6) is 0 Å². The molecule has 2 aromatic rings. The van der Waals surface area contributed by atoms with Gasteiger partial charge in [-0.15, -0.1) is 0 Å². The summed E-state index contributed by atoms with van der Waals surface area (Å²) in [5.74, 6) is -5.41. The molecule has 0 saturated heterocycles. The van der Waals surface area contributed by atoms with Crippen LogP contribution in [0.2, 0.25) is 5.02 Å². The number of ether oxygens (including phenoxy) is 1. The van der Waals surface area contributed by atoms with Crippen LogP contribution in [0.4, 0.5) is 13.2 Å². The second kappa shape index (κ2) is 17.4. The van der Waals surface area contributed by atoms with Crippen LogP contribution in [0.25, 0.3) is 0 Å².